The largest absolute Gasteiger partial charge is 0.359 e. The van der Waals surface area contributed by atoms with E-state index in [2.05, 4.69) is 10.9 Å². The van der Waals surface area contributed by atoms with Crippen LogP contribution in [0.25, 0.3) is 0 Å². The summed E-state index contributed by atoms with van der Waals surface area (Å²) < 4.78 is 5.88. The Hall–Kier alpha value is -3.44. The second-order valence-corrected chi connectivity index (χ2v) is 6.57. The van der Waals surface area contributed by atoms with Gasteiger partial charge in [0.15, 0.2) is 0 Å². The topological polar surface area (TPSA) is 67.4 Å². The van der Waals surface area contributed by atoms with Gasteiger partial charge in [0.1, 0.15) is 12.7 Å². The molecule has 0 saturated carbocycles. The first-order chi connectivity index (χ1) is 14.2. The summed E-state index contributed by atoms with van der Waals surface area (Å²) in [6.07, 6.45) is 0.528. The molecule has 0 saturated heterocycles. The van der Waals surface area contributed by atoms with Crippen LogP contribution in [0.2, 0.25) is 0 Å². The molecular weight excluding hydrogens is 364 g/mol. The number of carbonyl (C=O) groups excluding carboxylic acids is 2. The minimum Gasteiger partial charge on any atom is -0.359 e. The van der Waals surface area contributed by atoms with Crippen LogP contribution in [0.15, 0.2) is 84.9 Å². The van der Waals surface area contributed by atoms with Gasteiger partial charge in [0.25, 0.3) is 11.8 Å². The van der Waals surface area contributed by atoms with E-state index in [1.807, 2.05) is 79.7 Å². The van der Waals surface area contributed by atoms with Crippen molar-refractivity contribution >= 4 is 11.8 Å². The number of hydrogen-bond donors (Lipinski definition) is 2. The molecule has 5 nitrogen and oxygen atoms in total. The van der Waals surface area contributed by atoms with Crippen LogP contribution in [0.3, 0.4) is 0 Å². The Labute approximate surface area is 170 Å². The van der Waals surface area contributed by atoms with Crippen molar-refractivity contribution in [1.82, 2.24) is 10.9 Å². The second-order valence-electron chi connectivity index (χ2n) is 6.57. The Morgan fingerprint density at radius 1 is 0.793 bits per heavy atom. The van der Waals surface area contributed by atoms with E-state index in [0.29, 0.717) is 5.56 Å². The molecule has 3 aromatic rings. The van der Waals surface area contributed by atoms with Gasteiger partial charge in [-0.05, 0) is 35.2 Å². The van der Waals surface area contributed by atoms with Gasteiger partial charge < -0.3 is 4.74 Å². The van der Waals surface area contributed by atoms with E-state index in [-0.39, 0.29) is 18.6 Å². The van der Waals surface area contributed by atoms with E-state index in [9.17, 15) is 9.59 Å². The maximum Gasteiger partial charge on any atom is 0.269 e. The summed E-state index contributed by atoms with van der Waals surface area (Å²) in [7, 11) is 0. The number of amides is 2. The average molecular weight is 388 g/mol. The van der Waals surface area contributed by atoms with Crippen molar-refractivity contribution in [1.29, 1.82) is 0 Å². The van der Waals surface area contributed by atoms with Crippen LogP contribution in [0.5, 0.6) is 0 Å². The zero-order valence-corrected chi connectivity index (χ0v) is 16.3. The Balaban J connectivity index is 1.56. The maximum absolute atomic E-state index is 12.2. The molecule has 0 aliphatic heterocycles. The fraction of sp³-hybridized carbons (Fsp3) is 0.167. The lowest BCUT2D eigenvalue weighted by Crippen LogP contribution is -2.43. The highest BCUT2D eigenvalue weighted by molar-refractivity contribution is 5.95. The number of hydrazine groups is 1. The van der Waals surface area contributed by atoms with E-state index in [0.717, 1.165) is 23.1 Å². The molecule has 148 valence electrons. The highest BCUT2D eigenvalue weighted by Gasteiger charge is 2.16. The third-order valence-corrected chi connectivity index (χ3v) is 4.53. The maximum atomic E-state index is 12.2. The molecule has 2 amide bonds. The van der Waals surface area contributed by atoms with Crippen molar-refractivity contribution in [2.45, 2.75) is 19.4 Å². The Bertz CT molecular complexity index is 886. The van der Waals surface area contributed by atoms with Gasteiger partial charge >= 0.3 is 0 Å². The van der Waals surface area contributed by atoms with Crippen molar-refractivity contribution in [2.75, 3.05) is 6.61 Å². The Morgan fingerprint density at radius 2 is 1.34 bits per heavy atom. The van der Waals surface area contributed by atoms with Crippen molar-refractivity contribution in [3.63, 3.8) is 0 Å². The first kappa shape index (κ1) is 20.3. The average Bonchev–Trinajstić information content (AvgIpc) is 2.79. The molecular formula is C24H24N2O3. The lowest BCUT2D eigenvalue weighted by molar-refractivity contribution is -0.127. The quantitative estimate of drug-likeness (QED) is 0.605. The van der Waals surface area contributed by atoms with Crippen LogP contribution in [0, 0.1) is 0 Å². The normalized spacial score (nSPS) is 10.6. The molecule has 0 fully saturated rings. The van der Waals surface area contributed by atoms with Gasteiger partial charge in [-0.3, -0.25) is 20.4 Å². The van der Waals surface area contributed by atoms with Crippen LogP contribution in [-0.2, 0) is 16.0 Å². The predicted octanol–water partition coefficient (Wildman–Crippen LogP) is 3.82. The van der Waals surface area contributed by atoms with Gasteiger partial charge in [-0.1, -0.05) is 79.7 Å². The van der Waals surface area contributed by atoms with Gasteiger partial charge in [-0.25, -0.2) is 0 Å². The Morgan fingerprint density at radius 3 is 1.86 bits per heavy atom. The number of nitrogens with one attached hydrogen (secondary N) is 2. The molecule has 0 aliphatic carbocycles. The van der Waals surface area contributed by atoms with Gasteiger partial charge in [0, 0.05) is 5.56 Å². The van der Waals surface area contributed by atoms with E-state index in [1.165, 1.54) is 0 Å². The van der Waals surface area contributed by atoms with Crippen LogP contribution >= 0.6 is 0 Å². The molecule has 5 heteroatoms. The number of rotatable bonds is 7. The third kappa shape index (κ3) is 5.77. The molecule has 0 spiro atoms. The van der Waals surface area contributed by atoms with Gasteiger partial charge in [-0.15, -0.1) is 0 Å². The molecule has 29 heavy (non-hydrogen) atoms. The molecule has 0 unspecified atom stereocenters. The number of aryl methyl sites for hydroxylation is 1. The first-order valence-electron chi connectivity index (χ1n) is 9.57. The van der Waals surface area contributed by atoms with Crippen LogP contribution in [0.4, 0.5) is 0 Å². The molecule has 0 radical (unpaired) electrons. The summed E-state index contributed by atoms with van der Waals surface area (Å²) in [4.78, 5) is 24.4. The molecule has 0 heterocycles. The third-order valence-electron chi connectivity index (χ3n) is 4.53. The SMILES string of the molecule is CCc1ccc(C(=O)NNC(=O)COC(c2ccccc2)c2ccccc2)cc1. The number of benzene rings is 3. The minimum atomic E-state index is -0.430. The van der Waals surface area contributed by atoms with Gasteiger partial charge in [0.2, 0.25) is 0 Å². The summed E-state index contributed by atoms with van der Waals surface area (Å²) >= 11 is 0. The van der Waals surface area contributed by atoms with Crippen molar-refractivity contribution < 1.29 is 14.3 Å². The summed E-state index contributed by atoms with van der Waals surface area (Å²) in [5.41, 5.74) is 8.35. The summed E-state index contributed by atoms with van der Waals surface area (Å²) in [5.74, 6) is -0.802. The first-order valence-corrected chi connectivity index (χ1v) is 9.57. The monoisotopic (exact) mass is 388 g/mol. The van der Waals surface area contributed by atoms with Crippen molar-refractivity contribution in [3.05, 3.63) is 107 Å². The second kappa shape index (κ2) is 10.2. The van der Waals surface area contributed by atoms with Gasteiger partial charge in [-0.2, -0.15) is 0 Å². The number of carbonyl (C=O) groups is 2. The number of ether oxygens (including phenoxy) is 1. The van der Waals surface area contributed by atoms with E-state index in [4.69, 9.17) is 4.74 Å². The van der Waals surface area contributed by atoms with Gasteiger partial charge in [0.05, 0.1) is 0 Å². The fourth-order valence-electron chi connectivity index (χ4n) is 2.93. The molecule has 0 aliphatic rings. The fourth-order valence-corrected chi connectivity index (χ4v) is 2.93. The standard InChI is InChI=1S/C24H24N2O3/c1-2-18-13-15-21(16-14-18)24(28)26-25-22(27)17-29-23(19-9-5-3-6-10-19)20-11-7-4-8-12-20/h3-16,23H,2,17H2,1H3,(H,25,27)(H,26,28). The predicted molar refractivity (Wildman–Crippen MR) is 112 cm³/mol. The van der Waals surface area contributed by atoms with Crippen LogP contribution < -0.4 is 10.9 Å². The molecule has 3 rings (SSSR count). The molecule has 0 aromatic heterocycles. The van der Waals surface area contributed by atoms with E-state index in [1.54, 1.807) is 12.1 Å². The molecule has 2 N–H and O–H groups in total. The number of hydrogen-bond acceptors (Lipinski definition) is 3. The summed E-state index contributed by atoms with van der Waals surface area (Å²) in [6.45, 7) is 1.86. The lowest BCUT2D eigenvalue weighted by Gasteiger charge is -2.19. The van der Waals surface area contributed by atoms with E-state index >= 15 is 0 Å². The highest BCUT2D eigenvalue weighted by Crippen LogP contribution is 2.25. The summed E-state index contributed by atoms with van der Waals surface area (Å²) in [5, 5.41) is 0. The van der Waals surface area contributed by atoms with Crippen molar-refractivity contribution in [3.8, 4) is 0 Å². The molecule has 3 aromatic carbocycles. The van der Waals surface area contributed by atoms with Crippen molar-refractivity contribution in [2.24, 2.45) is 0 Å². The molecule has 0 bridgehead atoms. The lowest BCUT2D eigenvalue weighted by atomic mass is 10.0. The minimum absolute atomic E-state index is 0.191. The summed E-state index contributed by atoms with van der Waals surface area (Å²) in [6, 6.07) is 26.7. The van der Waals surface area contributed by atoms with Crippen LogP contribution in [0.1, 0.15) is 40.1 Å². The Kier molecular flexibility index (Phi) is 7.14. The highest BCUT2D eigenvalue weighted by atomic mass is 16.5. The zero-order valence-electron chi connectivity index (χ0n) is 16.3. The molecule has 0 atom stereocenters. The van der Waals surface area contributed by atoms with E-state index < -0.39 is 5.91 Å². The van der Waals surface area contributed by atoms with Crippen LogP contribution in [-0.4, -0.2) is 18.4 Å². The zero-order chi connectivity index (χ0) is 20.5. The smallest absolute Gasteiger partial charge is 0.269 e.